The molecule has 0 aromatic rings. The quantitative estimate of drug-likeness (QED) is 0.331. The lowest BCUT2D eigenvalue weighted by Gasteiger charge is -2.27. The minimum atomic E-state index is -0.926. The largest absolute Gasteiger partial charge is 0.465 e. The Balaban J connectivity index is 4.75. The highest BCUT2D eigenvalue weighted by molar-refractivity contribution is 5.95. The predicted octanol–water partition coefficient (Wildman–Crippen LogP) is 3.83. The summed E-state index contributed by atoms with van der Waals surface area (Å²) in [7, 11) is 0. The highest BCUT2D eigenvalue weighted by atomic mass is 16.6. The van der Waals surface area contributed by atoms with Crippen LogP contribution in [0.25, 0.3) is 0 Å². The van der Waals surface area contributed by atoms with Crippen LogP contribution >= 0.6 is 0 Å². The van der Waals surface area contributed by atoms with E-state index >= 15 is 0 Å². The molecule has 0 spiro atoms. The molecule has 0 saturated heterocycles. The van der Waals surface area contributed by atoms with E-state index in [1.807, 2.05) is 0 Å². The normalized spacial score (nSPS) is 14.1. The first-order chi connectivity index (χ1) is 11.3. The van der Waals surface area contributed by atoms with Gasteiger partial charge in [-0.25, -0.2) is 0 Å². The van der Waals surface area contributed by atoms with Gasteiger partial charge in [0.05, 0.1) is 6.61 Å². The van der Waals surface area contributed by atoms with Gasteiger partial charge in [-0.2, -0.15) is 0 Å². The molecule has 142 valence electrons. The molecule has 2 atom stereocenters. The second kappa shape index (κ2) is 12.3. The summed E-state index contributed by atoms with van der Waals surface area (Å²) in [5, 5.41) is 0. The van der Waals surface area contributed by atoms with E-state index in [9.17, 15) is 9.59 Å². The Morgan fingerprint density at radius 3 is 2.04 bits per heavy atom. The van der Waals surface area contributed by atoms with Crippen molar-refractivity contribution in [2.24, 2.45) is 17.6 Å². The van der Waals surface area contributed by atoms with Crippen molar-refractivity contribution in [2.75, 3.05) is 13.2 Å². The van der Waals surface area contributed by atoms with E-state index in [2.05, 4.69) is 6.92 Å². The molecule has 0 aliphatic rings. The highest BCUT2D eigenvalue weighted by Crippen LogP contribution is 2.24. The van der Waals surface area contributed by atoms with Gasteiger partial charge in [0.2, 0.25) is 0 Å². The van der Waals surface area contributed by atoms with Crippen molar-refractivity contribution in [1.82, 2.24) is 0 Å². The Labute approximate surface area is 147 Å². The molecular weight excluding hydrogens is 306 g/mol. The highest BCUT2D eigenvalue weighted by Gasteiger charge is 2.38. The SMILES string of the molecule is CCCCCCCCC(CN)C(C(=O)OCC)C(=O)OC(C)(C)C. The van der Waals surface area contributed by atoms with Crippen molar-refractivity contribution >= 4 is 11.9 Å². The zero-order valence-corrected chi connectivity index (χ0v) is 16.2. The number of hydrogen-bond donors (Lipinski definition) is 1. The van der Waals surface area contributed by atoms with E-state index in [1.165, 1.54) is 25.7 Å². The average molecular weight is 344 g/mol. The number of unbranched alkanes of at least 4 members (excludes halogenated alkanes) is 5. The zero-order valence-electron chi connectivity index (χ0n) is 16.2. The minimum absolute atomic E-state index is 0.231. The van der Waals surface area contributed by atoms with Crippen LogP contribution in [0.3, 0.4) is 0 Å². The van der Waals surface area contributed by atoms with Gasteiger partial charge in [0.15, 0.2) is 5.92 Å². The molecule has 0 fully saturated rings. The molecular formula is C19H37NO4. The van der Waals surface area contributed by atoms with Gasteiger partial charge < -0.3 is 15.2 Å². The lowest BCUT2D eigenvalue weighted by molar-refractivity contribution is -0.171. The fourth-order valence-electron chi connectivity index (χ4n) is 2.69. The van der Waals surface area contributed by atoms with Crippen LogP contribution in [0, 0.1) is 11.8 Å². The van der Waals surface area contributed by atoms with E-state index in [0.29, 0.717) is 0 Å². The van der Waals surface area contributed by atoms with Crippen LogP contribution in [-0.2, 0) is 19.1 Å². The molecule has 0 saturated carbocycles. The summed E-state index contributed by atoms with van der Waals surface area (Å²) in [6.45, 7) is 9.81. The molecule has 0 aliphatic heterocycles. The van der Waals surface area contributed by atoms with Crippen LogP contribution in [-0.4, -0.2) is 30.7 Å². The van der Waals surface area contributed by atoms with E-state index in [4.69, 9.17) is 15.2 Å². The van der Waals surface area contributed by atoms with Crippen LogP contribution in [0.4, 0.5) is 0 Å². The summed E-state index contributed by atoms with van der Waals surface area (Å²) in [5.74, 6) is -2.20. The standard InChI is InChI=1S/C19H37NO4/c1-6-8-9-10-11-12-13-15(14-20)16(17(21)23-7-2)18(22)24-19(3,4)5/h15-16H,6-14,20H2,1-5H3. The maximum Gasteiger partial charge on any atom is 0.321 e. The van der Waals surface area contributed by atoms with Gasteiger partial charge in [0.1, 0.15) is 5.60 Å². The van der Waals surface area contributed by atoms with Crippen molar-refractivity contribution in [1.29, 1.82) is 0 Å². The van der Waals surface area contributed by atoms with E-state index < -0.39 is 23.5 Å². The Morgan fingerprint density at radius 2 is 1.54 bits per heavy atom. The lowest BCUT2D eigenvalue weighted by atomic mass is 9.87. The van der Waals surface area contributed by atoms with Crippen molar-refractivity contribution < 1.29 is 19.1 Å². The second-order valence-corrected chi connectivity index (χ2v) is 7.32. The molecule has 0 heterocycles. The van der Waals surface area contributed by atoms with Gasteiger partial charge >= 0.3 is 11.9 Å². The molecule has 0 amide bonds. The van der Waals surface area contributed by atoms with Crippen LogP contribution in [0.15, 0.2) is 0 Å². The Morgan fingerprint density at radius 1 is 0.958 bits per heavy atom. The number of hydrogen-bond acceptors (Lipinski definition) is 5. The lowest BCUT2D eigenvalue weighted by Crippen LogP contribution is -2.40. The number of ether oxygens (including phenoxy) is 2. The van der Waals surface area contributed by atoms with E-state index in [0.717, 1.165) is 19.3 Å². The first-order valence-electron chi connectivity index (χ1n) is 9.36. The van der Waals surface area contributed by atoms with Crippen molar-refractivity contribution in [3.05, 3.63) is 0 Å². The molecule has 0 aromatic carbocycles. The summed E-state index contributed by atoms with van der Waals surface area (Å²) in [5.41, 5.74) is 5.22. The maximum absolute atomic E-state index is 12.5. The smallest absolute Gasteiger partial charge is 0.321 e. The average Bonchev–Trinajstić information content (AvgIpc) is 2.47. The first kappa shape index (κ1) is 22.9. The van der Waals surface area contributed by atoms with Crippen molar-refractivity contribution in [2.45, 2.75) is 85.2 Å². The van der Waals surface area contributed by atoms with Crippen LogP contribution in [0.1, 0.15) is 79.6 Å². The first-order valence-corrected chi connectivity index (χ1v) is 9.36. The summed E-state index contributed by atoms with van der Waals surface area (Å²) in [4.78, 5) is 24.7. The number of rotatable bonds is 12. The molecule has 0 bridgehead atoms. The summed E-state index contributed by atoms with van der Waals surface area (Å²) >= 11 is 0. The molecule has 24 heavy (non-hydrogen) atoms. The fraction of sp³-hybridized carbons (Fsp3) is 0.895. The number of carbonyl (C=O) groups excluding carboxylic acids is 2. The van der Waals surface area contributed by atoms with Gasteiger partial charge in [-0.1, -0.05) is 45.4 Å². The van der Waals surface area contributed by atoms with Gasteiger partial charge in [-0.05, 0) is 46.6 Å². The Bertz CT molecular complexity index is 363. The predicted molar refractivity (Wildman–Crippen MR) is 96.5 cm³/mol. The molecule has 5 heteroatoms. The molecule has 2 unspecified atom stereocenters. The Hall–Kier alpha value is -1.10. The Kier molecular flexibility index (Phi) is 11.7. The third-order valence-corrected chi connectivity index (χ3v) is 3.90. The molecule has 0 aliphatic carbocycles. The minimum Gasteiger partial charge on any atom is -0.465 e. The van der Waals surface area contributed by atoms with E-state index in [1.54, 1.807) is 27.7 Å². The van der Waals surface area contributed by atoms with Gasteiger partial charge in [-0.3, -0.25) is 9.59 Å². The van der Waals surface area contributed by atoms with Crippen molar-refractivity contribution in [3.63, 3.8) is 0 Å². The topological polar surface area (TPSA) is 78.6 Å². The van der Waals surface area contributed by atoms with Gasteiger partial charge in [0.25, 0.3) is 0 Å². The van der Waals surface area contributed by atoms with Gasteiger partial charge in [0, 0.05) is 0 Å². The number of carbonyl (C=O) groups is 2. The van der Waals surface area contributed by atoms with Gasteiger partial charge in [-0.15, -0.1) is 0 Å². The summed E-state index contributed by atoms with van der Waals surface area (Å²) in [6.07, 6.45) is 7.69. The molecule has 0 aromatic heterocycles. The molecule has 0 rings (SSSR count). The van der Waals surface area contributed by atoms with E-state index in [-0.39, 0.29) is 19.1 Å². The van der Waals surface area contributed by atoms with Crippen LogP contribution in [0.2, 0.25) is 0 Å². The monoisotopic (exact) mass is 343 g/mol. The zero-order chi connectivity index (χ0) is 18.6. The van der Waals surface area contributed by atoms with Crippen LogP contribution in [0.5, 0.6) is 0 Å². The molecule has 0 radical (unpaired) electrons. The van der Waals surface area contributed by atoms with Crippen molar-refractivity contribution in [3.8, 4) is 0 Å². The summed E-state index contributed by atoms with van der Waals surface area (Å²) in [6, 6.07) is 0. The molecule has 5 nitrogen and oxygen atoms in total. The summed E-state index contributed by atoms with van der Waals surface area (Å²) < 4.78 is 10.5. The van der Waals surface area contributed by atoms with Crippen LogP contribution < -0.4 is 5.73 Å². The third kappa shape index (κ3) is 9.91. The number of esters is 2. The second-order valence-electron chi connectivity index (χ2n) is 7.32. The molecule has 2 N–H and O–H groups in total. The third-order valence-electron chi connectivity index (χ3n) is 3.90. The fourth-order valence-corrected chi connectivity index (χ4v) is 2.69. The number of nitrogens with two attached hydrogens (primary N) is 1. The maximum atomic E-state index is 12.5.